The Morgan fingerprint density at radius 2 is 2.20 bits per heavy atom. The summed E-state index contributed by atoms with van der Waals surface area (Å²) in [6.07, 6.45) is 3.27. The Labute approximate surface area is 93.1 Å². The Morgan fingerprint density at radius 3 is 2.80 bits per heavy atom. The van der Waals surface area contributed by atoms with Gasteiger partial charge in [-0.2, -0.15) is 0 Å². The Morgan fingerprint density at radius 1 is 1.47 bits per heavy atom. The lowest BCUT2D eigenvalue weighted by atomic mass is 10.1. The van der Waals surface area contributed by atoms with E-state index in [1.807, 2.05) is 18.4 Å². The SMILES string of the molecule is CSc1ccc(O)c(CCCC(=O)O)c1. The van der Waals surface area contributed by atoms with E-state index in [1.165, 1.54) is 0 Å². The molecule has 1 aromatic carbocycles. The number of hydrogen-bond donors (Lipinski definition) is 2. The van der Waals surface area contributed by atoms with Crippen molar-refractivity contribution in [3.8, 4) is 5.75 Å². The van der Waals surface area contributed by atoms with Crippen LogP contribution in [0.1, 0.15) is 18.4 Å². The van der Waals surface area contributed by atoms with Gasteiger partial charge >= 0.3 is 5.97 Å². The molecule has 0 aliphatic carbocycles. The molecule has 1 aromatic rings. The van der Waals surface area contributed by atoms with Crippen LogP contribution in [0.3, 0.4) is 0 Å². The van der Waals surface area contributed by atoms with Gasteiger partial charge in [0.05, 0.1) is 0 Å². The summed E-state index contributed by atoms with van der Waals surface area (Å²) in [6, 6.07) is 5.41. The van der Waals surface area contributed by atoms with Crippen LogP contribution in [0.2, 0.25) is 0 Å². The molecule has 1 rings (SSSR count). The number of carbonyl (C=O) groups is 1. The first kappa shape index (κ1) is 11.9. The molecule has 0 aromatic heterocycles. The van der Waals surface area contributed by atoms with Gasteiger partial charge in [-0.1, -0.05) is 0 Å². The van der Waals surface area contributed by atoms with Crippen molar-refractivity contribution in [2.24, 2.45) is 0 Å². The minimum atomic E-state index is -0.796. The summed E-state index contributed by atoms with van der Waals surface area (Å²) in [4.78, 5) is 11.4. The molecule has 0 radical (unpaired) electrons. The molecule has 4 heteroatoms. The Bertz CT molecular complexity index is 350. The van der Waals surface area contributed by atoms with Gasteiger partial charge in [0.15, 0.2) is 0 Å². The Balaban J connectivity index is 2.62. The van der Waals surface area contributed by atoms with Crippen LogP contribution in [-0.4, -0.2) is 22.4 Å². The molecule has 15 heavy (non-hydrogen) atoms. The second-order valence-electron chi connectivity index (χ2n) is 3.24. The van der Waals surface area contributed by atoms with Crippen LogP contribution in [0.5, 0.6) is 5.75 Å². The lowest BCUT2D eigenvalue weighted by Crippen LogP contribution is -1.96. The maximum Gasteiger partial charge on any atom is 0.303 e. The average molecular weight is 226 g/mol. The van der Waals surface area contributed by atoms with Crippen LogP contribution in [0.25, 0.3) is 0 Å². The average Bonchev–Trinajstić information content (AvgIpc) is 2.20. The quantitative estimate of drug-likeness (QED) is 0.757. The number of aromatic hydroxyl groups is 1. The number of aryl methyl sites for hydroxylation is 1. The van der Waals surface area contributed by atoms with Crippen molar-refractivity contribution in [2.75, 3.05) is 6.26 Å². The second-order valence-corrected chi connectivity index (χ2v) is 4.12. The number of phenolic OH excluding ortho intramolecular Hbond substituents is 1. The van der Waals surface area contributed by atoms with Gasteiger partial charge in [-0.05, 0) is 42.9 Å². The fourth-order valence-electron chi connectivity index (χ4n) is 1.32. The van der Waals surface area contributed by atoms with Crippen LogP contribution >= 0.6 is 11.8 Å². The highest BCUT2D eigenvalue weighted by Gasteiger charge is 2.04. The van der Waals surface area contributed by atoms with Gasteiger partial charge in [-0.3, -0.25) is 4.79 Å². The predicted molar refractivity (Wildman–Crippen MR) is 60.5 cm³/mol. The summed E-state index contributed by atoms with van der Waals surface area (Å²) >= 11 is 1.60. The third-order valence-electron chi connectivity index (χ3n) is 2.12. The number of aliphatic carboxylic acids is 1. The molecular weight excluding hydrogens is 212 g/mol. The number of rotatable bonds is 5. The molecule has 0 amide bonds. The molecule has 0 saturated heterocycles. The van der Waals surface area contributed by atoms with Gasteiger partial charge in [0.1, 0.15) is 5.75 Å². The predicted octanol–water partition coefficient (Wildman–Crippen LogP) is 2.52. The molecule has 0 atom stereocenters. The molecule has 0 aliphatic rings. The second kappa shape index (κ2) is 5.66. The van der Waals surface area contributed by atoms with E-state index >= 15 is 0 Å². The first-order chi connectivity index (χ1) is 7.13. The maximum absolute atomic E-state index is 10.3. The van der Waals surface area contributed by atoms with E-state index in [0.29, 0.717) is 12.8 Å². The van der Waals surface area contributed by atoms with Crippen LogP contribution in [0, 0.1) is 0 Å². The summed E-state index contributed by atoms with van der Waals surface area (Å²) in [5.74, 6) is -0.548. The molecule has 82 valence electrons. The normalized spacial score (nSPS) is 10.2. The van der Waals surface area contributed by atoms with Gasteiger partial charge < -0.3 is 10.2 Å². The highest BCUT2D eigenvalue weighted by Crippen LogP contribution is 2.25. The fraction of sp³-hybridized carbons (Fsp3) is 0.364. The zero-order valence-electron chi connectivity index (χ0n) is 8.56. The van der Waals surface area contributed by atoms with E-state index in [2.05, 4.69) is 0 Å². The zero-order chi connectivity index (χ0) is 11.3. The number of benzene rings is 1. The van der Waals surface area contributed by atoms with Crippen molar-refractivity contribution in [1.82, 2.24) is 0 Å². The summed E-state index contributed by atoms with van der Waals surface area (Å²) in [5, 5.41) is 18.0. The number of hydrogen-bond acceptors (Lipinski definition) is 3. The van der Waals surface area contributed by atoms with Gasteiger partial charge in [0.2, 0.25) is 0 Å². The summed E-state index contributed by atoms with van der Waals surface area (Å²) in [5.41, 5.74) is 0.822. The minimum Gasteiger partial charge on any atom is -0.508 e. The Hall–Kier alpha value is -1.16. The van der Waals surface area contributed by atoms with Gasteiger partial charge in [0, 0.05) is 11.3 Å². The molecule has 0 unspecified atom stereocenters. The third-order valence-corrected chi connectivity index (χ3v) is 2.85. The molecule has 0 aliphatic heterocycles. The molecule has 2 N–H and O–H groups in total. The van der Waals surface area contributed by atoms with Crippen LogP contribution in [0.4, 0.5) is 0 Å². The first-order valence-corrected chi connectivity index (χ1v) is 5.93. The first-order valence-electron chi connectivity index (χ1n) is 4.71. The topological polar surface area (TPSA) is 57.5 Å². The molecular formula is C11H14O3S. The molecule has 3 nitrogen and oxygen atoms in total. The number of thioether (sulfide) groups is 1. The highest BCUT2D eigenvalue weighted by molar-refractivity contribution is 7.98. The van der Waals surface area contributed by atoms with E-state index in [9.17, 15) is 9.90 Å². The van der Waals surface area contributed by atoms with Crippen molar-refractivity contribution in [1.29, 1.82) is 0 Å². The van der Waals surface area contributed by atoms with Crippen LogP contribution in [-0.2, 0) is 11.2 Å². The van der Waals surface area contributed by atoms with Gasteiger partial charge in [-0.15, -0.1) is 11.8 Å². The number of phenols is 1. The Kier molecular flexibility index (Phi) is 4.49. The minimum absolute atomic E-state index is 0.142. The lowest BCUT2D eigenvalue weighted by molar-refractivity contribution is -0.137. The monoisotopic (exact) mass is 226 g/mol. The van der Waals surface area contributed by atoms with Gasteiger partial charge in [0.25, 0.3) is 0 Å². The summed E-state index contributed by atoms with van der Waals surface area (Å²) in [7, 11) is 0. The molecule has 0 bridgehead atoms. The highest BCUT2D eigenvalue weighted by atomic mass is 32.2. The smallest absolute Gasteiger partial charge is 0.303 e. The van der Waals surface area contributed by atoms with Crippen LogP contribution in [0.15, 0.2) is 23.1 Å². The van der Waals surface area contributed by atoms with Crippen molar-refractivity contribution in [3.05, 3.63) is 23.8 Å². The molecule has 0 heterocycles. The largest absolute Gasteiger partial charge is 0.508 e. The van der Waals surface area contributed by atoms with E-state index in [0.717, 1.165) is 10.5 Å². The van der Waals surface area contributed by atoms with Gasteiger partial charge in [-0.25, -0.2) is 0 Å². The van der Waals surface area contributed by atoms with E-state index in [-0.39, 0.29) is 12.2 Å². The fourth-order valence-corrected chi connectivity index (χ4v) is 1.78. The third kappa shape index (κ3) is 3.83. The standard InChI is InChI=1S/C11H14O3S/c1-15-9-5-6-10(12)8(7-9)3-2-4-11(13)14/h5-7,12H,2-4H2,1H3,(H,13,14). The maximum atomic E-state index is 10.3. The van der Waals surface area contributed by atoms with Crippen molar-refractivity contribution < 1.29 is 15.0 Å². The van der Waals surface area contributed by atoms with Crippen molar-refractivity contribution >= 4 is 17.7 Å². The van der Waals surface area contributed by atoms with Crippen LogP contribution < -0.4 is 0 Å². The molecule has 0 spiro atoms. The van der Waals surface area contributed by atoms with E-state index < -0.39 is 5.97 Å². The lowest BCUT2D eigenvalue weighted by Gasteiger charge is -2.05. The van der Waals surface area contributed by atoms with E-state index in [4.69, 9.17) is 5.11 Å². The number of carboxylic acid groups (broad SMARTS) is 1. The summed E-state index contributed by atoms with van der Waals surface area (Å²) < 4.78 is 0. The number of carboxylic acids is 1. The summed E-state index contributed by atoms with van der Waals surface area (Å²) in [6.45, 7) is 0. The van der Waals surface area contributed by atoms with E-state index in [1.54, 1.807) is 17.8 Å². The zero-order valence-corrected chi connectivity index (χ0v) is 9.38. The molecule has 0 saturated carbocycles. The van der Waals surface area contributed by atoms with Crippen molar-refractivity contribution in [2.45, 2.75) is 24.2 Å². The molecule has 0 fully saturated rings. The van der Waals surface area contributed by atoms with Crippen molar-refractivity contribution in [3.63, 3.8) is 0 Å².